The lowest BCUT2D eigenvalue weighted by molar-refractivity contribution is -0.121. The summed E-state index contributed by atoms with van der Waals surface area (Å²) in [4.78, 5) is 14.9. The van der Waals surface area contributed by atoms with Gasteiger partial charge in [-0.2, -0.15) is 0 Å². The summed E-state index contributed by atoms with van der Waals surface area (Å²) >= 11 is 0. The molecule has 4 heteroatoms. The lowest BCUT2D eigenvalue weighted by Crippen LogP contribution is -2.35. The monoisotopic (exact) mass is 417 g/mol. The standard InChI is InChI=1S/C27H35N3O/c1-22-10-12-23(13-11-22)20-30-21-24(25-8-4-5-9-26(25)30)14-15-27(31)28-16-19-29-17-6-2-3-7-18-29/h4-5,8-13,21H,2-3,6-7,14-20H2,1H3,(H,28,31). The highest BCUT2D eigenvalue weighted by Gasteiger charge is 2.12. The van der Waals surface area contributed by atoms with Crippen LogP contribution in [0.5, 0.6) is 0 Å². The van der Waals surface area contributed by atoms with Crippen molar-refractivity contribution in [2.24, 2.45) is 0 Å². The average Bonchev–Trinajstić information content (AvgIpc) is 2.94. The average molecular weight is 418 g/mol. The van der Waals surface area contributed by atoms with E-state index in [0.717, 1.165) is 26.1 Å². The molecule has 31 heavy (non-hydrogen) atoms. The summed E-state index contributed by atoms with van der Waals surface area (Å²) in [7, 11) is 0. The van der Waals surface area contributed by atoms with Crippen molar-refractivity contribution in [3.05, 3.63) is 71.4 Å². The maximum atomic E-state index is 12.5. The van der Waals surface area contributed by atoms with Crippen LogP contribution in [0.15, 0.2) is 54.7 Å². The van der Waals surface area contributed by atoms with Gasteiger partial charge < -0.3 is 14.8 Å². The molecule has 0 bridgehead atoms. The van der Waals surface area contributed by atoms with E-state index in [9.17, 15) is 4.79 Å². The minimum atomic E-state index is 0.158. The van der Waals surface area contributed by atoms with Crippen molar-refractivity contribution in [2.45, 2.75) is 52.0 Å². The van der Waals surface area contributed by atoms with E-state index in [2.05, 4.69) is 76.4 Å². The number of carbonyl (C=O) groups excluding carboxylic acids is 1. The maximum absolute atomic E-state index is 12.5. The Hall–Kier alpha value is -2.59. The molecule has 0 unspecified atom stereocenters. The topological polar surface area (TPSA) is 37.3 Å². The molecule has 4 rings (SSSR count). The molecule has 1 fully saturated rings. The van der Waals surface area contributed by atoms with Gasteiger partial charge in [-0.05, 0) is 56.5 Å². The van der Waals surface area contributed by atoms with Gasteiger partial charge in [0.1, 0.15) is 0 Å². The summed E-state index contributed by atoms with van der Waals surface area (Å²) in [6.45, 7) is 7.05. The van der Waals surface area contributed by atoms with Gasteiger partial charge in [0.15, 0.2) is 0 Å². The van der Waals surface area contributed by atoms with Gasteiger partial charge in [-0.25, -0.2) is 0 Å². The van der Waals surface area contributed by atoms with Crippen LogP contribution in [0.1, 0.15) is 48.8 Å². The van der Waals surface area contributed by atoms with Crippen LogP contribution in [0.25, 0.3) is 10.9 Å². The van der Waals surface area contributed by atoms with E-state index >= 15 is 0 Å². The Morgan fingerprint density at radius 2 is 1.71 bits per heavy atom. The summed E-state index contributed by atoms with van der Waals surface area (Å²) in [5.74, 6) is 0.158. The number of hydrogen-bond donors (Lipinski definition) is 1. The lowest BCUT2D eigenvalue weighted by Gasteiger charge is -2.19. The van der Waals surface area contributed by atoms with Crippen molar-refractivity contribution in [1.82, 2.24) is 14.8 Å². The predicted octanol–water partition coefficient (Wildman–Crippen LogP) is 4.92. The van der Waals surface area contributed by atoms with E-state index in [-0.39, 0.29) is 5.91 Å². The lowest BCUT2D eigenvalue weighted by atomic mass is 10.1. The molecule has 1 aliphatic rings. The fourth-order valence-corrected chi connectivity index (χ4v) is 4.59. The largest absolute Gasteiger partial charge is 0.355 e. The van der Waals surface area contributed by atoms with Crippen molar-refractivity contribution in [3.63, 3.8) is 0 Å². The molecule has 1 saturated heterocycles. The van der Waals surface area contributed by atoms with Gasteiger partial charge in [-0.3, -0.25) is 4.79 Å². The molecule has 0 aliphatic carbocycles. The summed E-state index contributed by atoms with van der Waals surface area (Å²) in [5.41, 5.74) is 5.07. The minimum Gasteiger partial charge on any atom is -0.355 e. The van der Waals surface area contributed by atoms with E-state index in [1.54, 1.807) is 0 Å². The maximum Gasteiger partial charge on any atom is 0.220 e. The van der Waals surface area contributed by atoms with Gasteiger partial charge >= 0.3 is 0 Å². The fraction of sp³-hybridized carbons (Fsp3) is 0.444. The summed E-state index contributed by atoms with van der Waals surface area (Å²) in [6.07, 6.45) is 8.83. The number of fused-ring (bicyclic) bond motifs is 1. The number of aryl methyl sites for hydroxylation is 2. The number of nitrogens with one attached hydrogen (secondary N) is 1. The third kappa shape index (κ3) is 5.98. The highest BCUT2D eigenvalue weighted by Crippen LogP contribution is 2.23. The van der Waals surface area contributed by atoms with Crippen molar-refractivity contribution >= 4 is 16.8 Å². The van der Waals surface area contributed by atoms with Crippen molar-refractivity contribution in [1.29, 1.82) is 0 Å². The van der Waals surface area contributed by atoms with Gasteiger partial charge in [0.05, 0.1) is 0 Å². The molecule has 2 aromatic carbocycles. The zero-order valence-corrected chi connectivity index (χ0v) is 18.8. The fourth-order valence-electron chi connectivity index (χ4n) is 4.59. The van der Waals surface area contributed by atoms with Crippen molar-refractivity contribution in [3.8, 4) is 0 Å². The first-order valence-electron chi connectivity index (χ1n) is 11.8. The van der Waals surface area contributed by atoms with Crippen molar-refractivity contribution < 1.29 is 4.79 Å². The Labute approximate surface area is 186 Å². The molecule has 3 aromatic rings. The molecular formula is C27H35N3O. The SMILES string of the molecule is Cc1ccc(Cn2cc(CCC(=O)NCCN3CCCCCC3)c3ccccc32)cc1. The molecule has 1 N–H and O–H groups in total. The van der Waals surface area contributed by atoms with Crippen LogP contribution in [-0.2, 0) is 17.8 Å². The quantitative estimate of drug-likeness (QED) is 0.565. The van der Waals surface area contributed by atoms with Gasteiger partial charge in [0, 0.05) is 43.2 Å². The van der Waals surface area contributed by atoms with E-state index < -0.39 is 0 Å². The molecular weight excluding hydrogens is 382 g/mol. The molecule has 0 spiro atoms. The number of aromatic nitrogens is 1. The van der Waals surface area contributed by atoms with Crippen LogP contribution >= 0.6 is 0 Å². The van der Waals surface area contributed by atoms with Crippen molar-refractivity contribution in [2.75, 3.05) is 26.2 Å². The third-order valence-corrected chi connectivity index (χ3v) is 6.41. The zero-order chi connectivity index (χ0) is 21.5. The number of rotatable bonds is 8. The second-order valence-corrected chi connectivity index (χ2v) is 8.89. The van der Waals surface area contributed by atoms with Crippen LogP contribution in [0.4, 0.5) is 0 Å². The third-order valence-electron chi connectivity index (χ3n) is 6.41. The van der Waals surface area contributed by atoms with Crippen LogP contribution in [0.2, 0.25) is 0 Å². The van der Waals surface area contributed by atoms with E-state index in [1.165, 1.54) is 66.4 Å². The van der Waals surface area contributed by atoms with Crippen LogP contribution < -0.4 is 5.32 Å². The van der Waals surface area contributed by atoms with Gasteiger partial charge in [0.2, 0.25) is 5.91 Å². The normalized spacial score (nSPS) is 15.1. The zero-order valence-electron chi connectivity index (χ0n) is 18.8. The molecule has 164 valence electrons. The molecule has 1 aliphatic heterocycles. The Morgan fingerprint density at radius 3 is 2.48 bits per heavy atom. The number of para-hydroxylation sites is 1. The Balaban J connectivity index is 1.33. The second kappa shape index (κ2) is 10.6. The predicted molar refractivity (Wildman–Crippen MR) is 128 cm³/mol. The Kier molecular flexibility index (Phi) is 7.42. The number of carbonyl (C=O) groups is 1. The molecule has 2 heterocycles. The summed E-state index contributed by atoms with van der Waals surface area (Å²) in [5, 5.41) is 4.39. The van der Waals surface area contributed by atoms with Gasteiger partial charge in [-0.15, -0.1) is 0 Å². The first-order valence-corrected chi connectivity index (χ1v) is 11.8. The molecule has 4 nitrogen and oxygen atoms in total. The smallest absolute Gasteiger partial charge is 0.220 e. The Bertz CT molecular complexity index is 981. The molecule has 1 aromatic heterocycles. The number of nitrogens with zero attached hydrogens (tertiary/aromatic N) is 2. The second-order valence-electron chi connectivity index (χ2n) is 8.89. The minimum absolute atomic E-state index is 0.158. The summed E-state index contributed by atoms with van der Waals surface area (Å²) < 4.78 is 2.31. The number of amides is 1. The first-order chi connectivity index (χ1) is 15.2. The molecule has 1 amide bonds. The highest BCUT2D eigenvalue weighted by molar-refractivity contribution is 5.85. The highest BCUT2D eigenvalue weighted by atomic mass is 16.1. The van der Waals surface area contributed by atoms with E-state index in [1.807, 2.05) is 0 Å². The molecule has 0 saturated carbocycles. The number of likely N-dealkylation sites (tertiary alicyclic amines) is 1. The van der Waals surface area contributed by atoms with Crippen LogP contribution in [0, 0.1) is 6.92 Å². The van der Waals surface area contributed by atoms with E-state index in [0.29, 0.717) is 6.42 Å². The first kappa shape index (κ1) is 21.6. The number of benzene rings is 2. The van der Waals surface area contributed by atoms with Gasteiger partial charge in [0.25, 0.3) is 0 Å². The van der Waals surface area contributed by atoms with Gasteiger partial charge in [-0.1, -0.05) is 60.9 Å². The Morgan fingerprint density at radius 1 is 0.968 bits per heavy atom. The van der Waals surface area contributed by atoms with E-state index in [4.69, 9.17) is 0 Å². The number of hydrogen-bond acceptors (Lipinski definition) is 2. The molecule has 0 radical (unpaired) electrons. The van der Waals surface area contributed by atoms with Crippen LogP contribution in [0.3, 0.4) is 0 Å². The van der Waals surface area contributed by atoms with Crippen LogP contribution in [-0.4, -0.2) is 41.6 Å². The molecule has 0 atom stereocenters. The summed E-state index contributed by atoms with van der Waals surface area (Å²) in [6, 6.07) is 17.2.